The Bertz CT molecular complexity index is 1000. The smallest absolute Gasteiger partial charge is 0.229 e. The zero-order valence-electron chi connectivity index (χ0n) is 16.3. The minimum absolute atomic E-state index is 0.182. The van der Waals surface area contributed by atoms with Crippen molar-refractivity contribution in [3.63, 3.8) is 0 Å². The number of hydrogen-bond donors (Lipinski definition) is 2. The molecule has 1 atom stereocenters. The van der Waals surface area contributed by atoms with Gasteiger partial charge in [-0.1, -0.05) is 24.3 Å². The molecule has 0 fully saturated rings. The van der Waals surface area contributed by atoms with Gasteiger partial charge in [-0.3, -0.25) is 4.72 Å². The number of anilines is 1. The first kappa shape index (κ1) is 22.2. The van der Waals surface area contributed by atoms with Gasteiger partial charge in [0.15, 0.2) is 0 Å². The van der Waals surface area contributed by atoms with Crippen molar-refractivity contribution >= 4 is 25.7 Å². The molecule has 0 radical (unpaired) electrons. The Labute approximate surface area is 167 Å². The molecular weight excluding hydrogens is 400 g/mol. The van der Waals surface area contributed by atoms with Gasteiger partial charge in [0.25, 0.3) is 0 Å². The van der Waals surface area contributed by atoms with Crippen LogP contribution in [0.3, 0.4) is 0 Å². The minimum Gasteiger partial charge on any atom is -0.489 e. The molecule has 0 aliphatic heterocycles. The molecule has 2 aromatic rings. The van der Waals surface area contributed by atoms with Gasteiger partial charge >= 0.3 is 0 Å². The van der Waals surface area contributed by atoms with Crippen LogP contribution in [0.15, 0.2) is 48.5 Å². The third-order valence-corrected chi connectivity index (χ3v) is 6.30. The van der Waals surface area contributed by atoms with E-state index < -0.39 is 25.3 Å². The zero-order chi connectivity index (χ0) is 20.9. The number of sulfonamides is 2. The first-order chi connectivity index (χ1) is 13.0. The van der Waals surface area contributed by atoms with Crippen LogP contribution < -0.4 is 14.2 Å². The zero-order valence-corrected chi connectivity index (χ0v) is 18.0. The molecule has 2 aromatic carbocycles. The van der Waals surface area contributed by atoms with Gasteiger partial charge in [-0.2, -0.15) is 0 Å². The first-order valence-electron chi connectivity index (χ1n) is 8.80. The second kappa shape index (κ2) is 8.93. The summed E-state index contributed by atoms with van der Waals surface area (Å²) in [6, 6.07) is 14.4. The topological polar surface area (TPSA) is 102 Å². The van der Waals surface area contributed by atoms with Crippen molar-refractivity contribution in [2.75, 3.05) is 17.5 Å². The highest BCUT2D eigenvalue weighted by molar-refractivity contribution is 7.92. The van der Waals surface area contributed by atoms with Gasteiger partial charge in [0.2, 0.25) is 20.0 Å². The second-order valence-corrected chi connectivity index (χ2v) is 10.9. The van der Waals surface area contributed by atoms with Crippen LogP contribution >= 0.6 is 0 Å². The molecule has 2 N–H and O–H groups in total. The summed E-state index contributed by atoms with van der Waals surface area (Å²) < 4.78 is 57.1. The van der Waals surface area contributed by atoms with E-state index in [1.165, 1.54) is 0 Å². The summed E-state index contributed by atoms with van der Waals surface area (Å²) in [6.45, 7) is 5.21. The largest absolute Gasteiger partial charge is 0.489 e. The van der Waals surface area contributed by atoms with E-state index in [4.69, 9.17) is 4.74 Å². The molecule has 0 unspecified atom stereocenters. The molecular formula is C19H26N2O5S2. The van der Waals surface area contributed by atoms with Crippen LogP contribution in [0.2, 0.25) is 0 Å². The normalized spacial score (nSPS) is 13.3. The van der Waals surface area contributed by atoms with Gasteiger partial charge in [-0.25, -0.2) is 21.6 Å². The molecule has 9 heteroatoms. The maximum Gasteiger partial charge on any atom is 0.229 e. The third kappa shape index (κ3) is 6.81. The lowest BCUT2D eigenvalue weighted by molar-refractivity contribution is 0.225. The highest BCUT2D eigenvalue weighted by Crippen LogP contribution is 2.25. The van der Waals surface area contributed by atoms with Crippen LogP contribution in [0.5, 0.6) is 5.75 Å². The van der Waals surface area contributed by atoms with Crippen molar-refractivity contribution < 1.29 is 21.6 Å². The molecule has 0 bridgehead atoms. The lowest BCUT2D eigenvalue weighted by Crippen LogP contribution is -2.37. The highest BCUT2D eigenvalue weighted by Gasteiger charge is 2.17. The Balaban J connectivity index is 2.03. The quantitative estimate of drug-likeness (QED) is 0.642. The fourth-order valence-corrected chi connectivity index (χ4v) is 3.73. The molecule has 2 rings (SSSR count). The molecule has 0 amide bonds. The molecule has 154 valence electrons. The number of nitrogens with one attached hydrogen (secondary N) is 2. The number of benzene rings is 2. The van der Waals surface area contributed by atoms with Gasteiger partial charge in [0, 0.05) is 12.2 Å². The van der Waals surface area contributed by atoms with Crippen LogP contribution in [0.1, 0.15) is 20.8 Å². The maximum absolute atomic E-state index is 11.8. The molecule has 28 heavy (non-hydrogen) atoms. The number of hydrogen-bond acceptors (Lipinski definition) is 5. The van der Waals surface area contributed by atoms with E-state index in [0.717, 1.165) is 17.4 Å². The predicted octanol–water partition coefficient (Wildman–Crippen LogP) is 2.82. The summed E-state index contributed by atoms with van der Waals surface area (Å²) >= 11 is 0. The van der Waals surface area contributed by atoms with Crippen LogP contribution in [0.4, 0.5) is 5.69 Å². The van der Waals surface area contributed by atoms with Gasteiger partial charge in [-0.15, -0.1) is 0 Å². The Morgan fingerprint density at radius 1 is 0.929 bits per heavy atom. The highest BCUT2D eigenvalue weighted by atomic mass is 32.2. The van der Waals surface area contributed by atoms with Crippen LogP contribution in [-0.4, -0.2) is 41.0 Å². The number of rotatable bonds is 9. The fourth-order valence-electron chi connectivity index (χ4n) is 2.38. The molecule has 7 nitrogen and oxygen atoms in total. The van der Waals surface area contributed by atoms with E-state index in [1.807, 2.05) is 18.2 Å². The molecule has 0 saturated carbocycles. The van der Waals surface area contributed by atoms with E-state index in [9.17, 15) is 16.8 Å². The van der Waals surface area contributed by atoms with Gasteiger partial charge in [0.05, 0.1) is 11.5 Å². The van der Waals surface area contributed by atoms with Crippen LogP contribution in [0.25, 0.3) is 11.1 Å². The average molecular weight is 427 g/mol. The summed E-state index contributed by atoms with van der Waals surface area (Å²) in [4.78, 5) is 0. The lowest BCUT2D eigenvalue weighted by Gasteiger charge is -2.17. The monoisotopic (exact) mass is 426 g/mol. The van der Waals surface area contributed by atoms with Crippen molar-refractivity contribution in [3.8, 4) is 16.9 Å². The van der Waals surface area contributed by atoms with Gasteiger partial charge in [-0.05, 0) is 56.2 Å². The Kier molecular flexibility index (Phi) is 7.08. The molecule has 0 spiro atoms. The Morgan fingerprint density at radius 2 is 1.57 bits per heavy atom. The summed E-state index contributed by atoms with van der Waals surface area (Å²) in [5, 5.41) is -0.494. The van der Waals surface area contributed by atoms with Crippen molar-refractivity contribution in [3.05, 3.63) is 48.5 Å². The molecule has 0 aromatic heterocycles. The Hall–Kier alpha value is -2.10. The van der Waals surface area contributed by atoms with Crippen LogP contribution in [0, 0.1) is 0 Å². The van der Waals surface area contributed by atoms with Crippen molar-refractivity contribution in [1.82, 2.24) is 4.72 Å². The van der Waals surface area contributed by atoms with Crippen molar-refractivity contribution in [2.45, 2.75) is 32.1 Å². The van der Waals surface area contributed by atoms with Gasteiger partial charge < -0.3 is 4.74 Å². The van der Waals surface area contributed by atoms with Crippen molar-refractivity contribution in [1.29, 1.82) is 0 Å². The maximum atomic E-state index is 11.8. The van der Waals surface area contributed by atoms with Gasteiger partial charge in [0.1, 0.15) is 11.9 Å². The summed E-state index contributed by atoms with van der Waals surface area (Å²) in [5.41, 5.74) is 2.25. The molecule has 0 saturated heterocycles. The standard InChI is InChI=1S/C19H26N2O5S2/c1-14(2)28(24,25)20-13-15(3)26-19-10-8-16(9-11-19)17-6-5-7-18(12-17)21-27(4,22)23/h5-12,14-15,20-21H,13H2,1-4H3/t15-/m0/s1. The van der Waals surface area contributed by atoms with Crippen molar-refractivity contribution in [2.24, 2.45) is 0 Å². The molecule has 0 heterocycles. The molecule has 0 aliphatic rings. The van der Waals surface area contributed by atoms with E-state index in [-0.39, 0.29) is 12.6 Å². The second-order valence-electron chi connectivity index (χ2n) is 6.85. The third-order valence-electron chi connectivity index (χ3n) is 3.88. The van der Waals surface area contributed by atoms with Crippen LogP contribution in [-0.2, 0) is 20.0 Å². The average Bonchev–Trinajstić information content (AvgIpc) is 2.59. The number of ether oxygens (including phenoxy) is 1. The van der Waals surface area contributed by atoms with E-state index in [2.05, 4.69) is 9.44 Å². The Morgan fingerprint density at radius 3 is 2.14 bits per heavy atom. The summed E-state index contributed by atoms with van der Waals surface area (Å²) in [7, 11) is -6.66. The lowest BCUT2D eigenvalue weighted by atomic mass is 10.1. The summed E-state index contributed by atoms with van der Waals surface area (Å²) in [6.07, 6.45) is 0.774. The fraction of sp³-hybridized carbons (Fsp3) is 0.368. The SMILES string of the molecule is CC(C)S(=O)(=O)NC[C@H](C)Oc1ccc(-c2cccc(NS(C)(=O)=O)c2)cc1. The molecule has 0 aliphatic carbocycles. The van der Waals surface area contributed by atoms with E-state index >= 15 is 0 Å². The van der Waals surface area contributed by atoms with E-state index in [0.29, 0.717) is 11.4 Å². The van der Waals surface area contributed by atoms with E-state index in [1.54, 1.807) is 51.1 Å². The first-order valence-corrected chi connectivity index (χ1v) is 12.2. The summed E-state index contributed by atoms with van der Waals surface area (Å²) in [5.74, 6) is 0.616. The minimum atomic E-state index is -3.34. The predicted molar refractivity (Wildman–Crippen MR) is 112 cm³/mol.